The van der Waals surface area contributed by atoms with E-state index in [2.05, 4.69) is 17.6 Å². The molecule has 0 amide bonds. The fourth-order valence-corrected chi connectivity index (χ4v) is 2.18. The normalized spacial score (nSPS) is 11.1. The molecule has 9 heteroatoms. The molecular formula is C7H7Cl2N3O2S2. The van der Waals surface area contributed by atoms with Crippen molar-refractivity contribution in [1.82, 2.24) is 10.3 Å². The molecule has 0 aliphatic carbocycles. The highest BCUT2D eigenvalue weighted by atomic mass is 35.5. The maximum absolute atomic E-state index is 11.6. The maximum Gasteiger partial charge on any atom is 0.257 e. The smallest absolute Gasteiger partial charge is 0.257 e. The molecule has 0 atom stereocenters. The zero-order valence-electron chi connectivity index (χ0n) is 7.70. The van der Waals surface area contributed by atoms with Crippen molar-refractivity contribution in [1.29, 1.82) is 0 Å². The Morgan fingerprint density at radius 2 is 1.94 bits per heavy atom. The van der Waals surface area contributed by atoms with Gasteiger partial charge in [-0.3, -0.25) is 5.43 Å². The minimum atomic E-state index is -3.77. The lowest BCUT2D eigenvalue weighted by atomic mass is 10.4. The molecule has 0 aromatic heterocycles. The predicted octanol–water partition coefficient (Wildman–Crippen LogP) is 1.02. The summed E-state index contributed by atoms with van der Waals surface area (Å²) >= 11 is 15.8. The van der Waals surface area contributed by atoms with Gasteiger partial charge in [-0.25, -0.2) is 8.42 Å². The van der Waals surface area contributed by atoms with E-state index in [1.54, 1.807) is 0 Å². The van der Waals surface area contributed by atoms with Crippen LogP contribution in [0.1, 0.15) is 0 Å². The lowest BCUT2D eigenvalue weighted by molar-refractivity contribution is 0.577. The summed E-state index contributed by atoms with van der Waals surface area (Å²) in [6.45, 7) is 0. The van der Waals surface area contributed by atoms with E-state index >= 15 is 0 Å². The van der Waals surface area contributed by atoms with Crippen LogP contribution in [0.4, 0.5) is 0 Å². The van der Waals surface area contributed by atoms with Gasteiger partial charge in [-0.2, -0.15) is 0 Å². The molecule has 0 radical (unpaired) electrons. The highest BCUT2D eigenvalue weighted by Crippen LogP contribution is 2.24. The number of nitrogens with two attached hydrogens (primary N) is 1. The predicted molar refractivity (Wildman–Crippen MR) is 66.7 cm³/mol. The lowest BCUT2D eigenvalue weighted by Gasteiger charge is -2.08. The summed E-state index contributed by atoms with van der Waals surface area (Å²) in [5, 5.41) is 0.214. The van der Waals surface area contributed by atoms with Gasteiger partial charge < -0.3 is 5.73 Å². The van der Waals surface area contributed by atoms with Crippen molar-refractivity contribution >= 4 is 50.6 Å². The van der Waals surface area contributed by atoms with Gasteiger partial charge in [-0.05, 0) is 30.4 Å². The average molecular weight is 300 g/mol. The molecule has 0 aliphatic rings. The van der Waals surface area contributed by atoms with E-state index in [0.717, 1.165) is 0 Å². The Balaban J connectivity index is 2.99. The van der Waals surface area contributed by atoms with Crippen LogP contribution in [0.2, 0.25) is 10.0 Å². The van der Waals surface area contributed by atoms with E-state index in [9.17, 15) is 8.42 Å². The Kier molecular flexibility index (Phi) is 4.34. The van der Waals surface area contributed by atoms with E-state index in [0.29, 0.717) is 0 Å². The zero-order valence-corrected chi connectivity index (χ0v) is 10.8. The Morgan fingerprint density at radius 1 is 1.31 bits per heavy atom. The highest BCUT2D eigenvalue weighted by molar-refractivity contribution is 7.89. The first-order valence-corrected chi connectivity index (χ1v) is 6.50. The standard InChI is InChI=1S/C7H7Cl2N3O2S2/c8-5-2-1-4(3-6(5)9)16(13,14)12-11-7(10)15/h1-3,12H,(H3,10,11,15). The van der Waals surface area contributed by atoms with Gasteiger partial charge in [0.15, 0.2) is 5.11 Å². The van der Waals surface area contributed by atoms with E-state index < -0.39 is 10.0 Å². The Bertz CT molecular complexity index is 518. The van der Waals surface area contributed by atoms with Crippen molar-refractivity contribution in [2.45, 2.75) is 4.90 Å². The first kappa shape index (κ1) is 13.5. The monoisotopic (exact) mass is 299 g/mol. The van der Waals surface area contributed by atoms with Gasteiger partial charge in [0, 0.05) is 0 Å². The molecule has 0 bridgehead atoms. The van der Waals surface area contributed by atoms with Crippen molar-refractivity contribution in [3.05, 3.63) is 28.2 Å². The first-order chi connectivity index (χ1) is 7.33. The average Bonchev–Trinajstić information content (AvgIpc) is 2.19. The number of sulfonamides is 1. The number of nitrogens with one attached hydrogen (secondary N) is 2. The van der Waals surface area contributed by atoms with Crippen LogP contribution in [0, 0.1) is 0 Å². The third-order valence-electron chi connectivity index (χ3n) is 1.51. The molecule has 1 aromatic carbocycles. The second-order valence-electron chi connectivity index (χ2n) is 2.67. The molecule has 0 aliphatic heterocycles. The van der Waals surface area contributed by atoms with Crippen LogP contribution >= 0.6 is 35.4 Å². The molecule has 88 valence electrons. The molecular weight excluding hydrogens is 293 g/mol. The quantitative estimate of drug-likeness (QED) is 0.573. The number of benzene rings is 1. The molecule has 16 heavy (non-hydrogen) atoms. The number of hydrazine groups is 1. The van der Waals surface area contributed by atoms with Gasteiger partial charge in [-0.15, -0.1) is 4.83 Å². The summed E-state index contributed by atoms with van der Waals surface area (Å²) in [6, 6.07) is 3.89. The van der Waals surface area contributed by atoms with E-state index in [-0.39, 0.29) is 20.1 Å². The number of hydrogen-bond acceptors (Lipinski definition) is 3. The molecule has 0 fully saturated rings. The highest BCUT2D eigenvalue weighted by Gasteiger charge is 2.14. The second-order valence-corrected chi connectivity index (χ2v) is 5.61. The van der Waals surface area contributed by atoms with E-state index in [4.69, 9.17) is 28.9 Å². The van der Waals surface area contributed by atoms with Crippen molar-refractivity contribution in [3.63, 3.8) is 0 Å². The van der Waals surface area contributed by atoms with E-state index in [1.165, 1.54) is 18.2 Å². The van der Waals surface area contributed by atoms with Crippen LogP contribution in [-0.2, 0) is 10.0 Å². The van der Waals surface area contributed by atoms with Gasteiger partial charge in [0.1, 0.15) is 0 Å². The molecule has 0 spiro atoms. The Morgan fingerprint density at radius 3 is 2.44 bits per heavy atom. The minimum Gasteiger partial charge on any atom is -0.375 e. The van der Waals surface area contributed by atoms with E-state index in [1.807, 2.05) is 4.83 Å². The van der Waals surface area contributed by atoms with Gasteiger partial charge in [0.2, 0.25) is 0 Å². The van der Waals surface area contributed by atoms with Crippen LogP contribution in [-0.4, -0.2) is 13.5 Å². The van der Waals surface area contributed by atoms with Crippen LogP contribution in [0.25, 0.3) is 0 Å². The van der Waals surface area contributed by atoms with Crippen LogP contribution in [0.15, 0.2) is 23.1 Å². The fraction of sp³-hybridized carbons (Fsp3) is 0. The molecule has 1 rings (SSSR count). The third kappa shape index (κ3) is 3.46. The summed E-state index contributed by atoms with van der Waals surface area (Å²) in [4.78, 5) is 1.93. The molecule has 0 saturated carbocycles. The molecule has 0 unspecified atom stereocenters. The molecule has 5 nitrogen and oxygen atoms in total. The van der Waals surface area contributed by atoms with Crippen molar-refractivity contribution < 1.29 is 8.42 Å². The fourth-order valence-electron chi connectivity index (χ4n) is 0.820. The lowest BCUT2D eigenvalue weighted by Crippen LogP contribution is -2.44. The maximum atomic E-state index is 11.6. The summed E-state index contributed by atoms with van der Waals surface area (Å²) in [5.74, 6) is 0. The number of hydrogen-bond donors (Lipinski definition) is 3. The summed E-state index contributed by atoms with van der Waals surface area (Å²) < 4.78 is 23.2. The van der Waals surface area contributed by atoms with Crippen LogP contribution < -0.4 is 16.0 Å². The SMILES string of the molecule is NC(=S)NNS(=O)(=O)c1ccc(Cl)c(Cl)c1. The molecule has 4 N–H and O–H groups in total. The Labute approximate surface area is 108 Å². The number of thiocarbonyl (C=S) groups is 1. The van der Waals surface area contributed by atoms with Crippen LogP contribution in [0.3, 0.4) is 0 Å². The van der Waals surface area contributed by atoms with Gasteiger partial charge in [-0.1, -0.05) is 23.2 Å². The van der Waals surface area contributed by atoms with Crippen molar-refractivity contribution in [2.75, 3.05) is 0 Å². The summed E-state index contributed by atoms with van der Waals surface area (Å²) in [6.07, 6.45) is 0. The van der Waals surface area contributed by atoms with Gasteiger partial charge >= 0.3 is 0 Å². The third-order valence-corrected chi connectivity index (χ3v) is 3.60. The van der Waals surface area contributed by atoms with Crippen molar-refractivity contribution in [3.8, 4) is 0 Å². The van der Waals surface area contributed by atoms with Crippen LogP contribution in [0.5, 0.6) is 0 Å². The largest absolute Gasteiger partial charge is 0.375 e. The number of halogens is 2. The number of rotatable bonds is 3. The molecule has 0 heterocycles. The topological polar surface area (TPSA) is 84.2 Å². The van der Waals surface area contributed by atoms with Gasteiger partial charge in [0.05, 0.1) is 14.9 Å². The summed E-state index contributed by atoms with van der Waals surface area (Å²) in [7, 11) is -3.77. The minimum absolute atomic E-state index is 0.0503. The second kappa shape index (κ2) is 5.15. The molecule has 1 aromatic rings. The van der Waals surface area contributed by atoms with Gasteiger partial charge in [0.25, 0.3) is 10.0 Å². The molecule has 0 saturated heterocycles. The van der Waals surface area contributed by atoms with Crippen molar-refractivity contribution in [2.24, 2.45) is 5.73 Å². The first-order valence-electron chi connectivity index (χ1n) is 3.85. The summed E-state index contributed by atoms with van der Waals surface area (Å²) in [5.41, 5.74) is 7.19. The zero-order chi connectivity index (χ0) is 12.3. The Hall–Kier alpha value is -0.600.